The lowest BCUT2D eigenvalue weighted by atomic mass is 9.88. The molecule has 0 saturated heterocycles. The van der Waals surface area contributed by atoms with Gasteiger partial charge in [-0.2, -0.15) is 0 Å². The van der Waals surface area contributed by atoms with Crippen LogP contribution in [0.4, 0.5) is 0 Å². The van der Waals surface area contributed by atoms with Crippen molar-refractivity contribution < 1.29 is 24.1 Å². The number of carbonyl (C=O) groups excluding carboxylic acids is 1. The molecular weight excluding hydrogens is 468 g/mol. The first-order valence-corrected chi connectivity index (χ1v) is 12.9. The average Bonchev–Trinajstić information content (AvgIpc) is 2.93. The van der Waals surface area contributed by atoms with Crippen molar-refractivity contribution in [1.82, 2.24) is 10.6 Å². The first-order chi connectivity index (χ1) is 18.1. The third kappa shape index (κ3) is 7.79. The molecular formula is C30H36N2O5. The predicted molar refractivity (Wildman–Crippen MR) is 143 cm³/mol. The number of benzene rings is 3. The molecule has 2 unspecified atom stereocenters. The van der Waals surface area contributed by atoms with E-state index < -0.39 is 12.1 Å². The SMILES string of the molecule is CCCCNC1(CNCC(O)COc2ccccc2)COc2cc(OC(=O)c3ccccc3)ccc2C1. The molecule has 3 aromatic rings. The summed E-state index contributed by atoms with van der Waals surface area (Å²) in [7, 11) is 0. The standard InChI is InChI=1S/C30H36N2O5/c1-2-3-16-32-30(21-31-19-25(33)20-35-26-12-8-5-9-13-26)18-24-14-15-27(17-28(24)36-22-30)37-29(34)23-10-6-4-7-11-23/h4-15,17,25,31-33H,2-3,16,18-22H2,1H3. The molecule has 3 N–H and O–H groups in total. The van der Waals surface area contributed by atoms with E-state index in [1.54, 1.807) is 30.3 Å². The van der Waals surface area contributed by atoms with Crippen LogP contribution in [0.5, 0.6) is 17.2 Å². The van der Waals surface area contributed by atoms with Gasteiger partial charge in [-0.3, -0.25) is 0 Å². The summed E-state index contributed by atoms with van der Waals surface area (Å²) in [6.45, 7) is 4.76. The van der Waals surface area contributed by atoms with E-state index in [1.165, 1.54) is 0 Å². The van der Waals surface area contributed by atoms with Gasteiger partial charge in [0.15, 0.2) is 0 Å². The number of nitrogens with one attached hydrogen (secondary N) is 2. The number of aliphatic hydroxyl groups is 1. The predicted octanol–water partition coefficient (Wildman–Crippen LogP) is 4.00. The largest absolute Gasteiger partial charge is 0.491 e. The minimum Gasteiger partial charge on any atom is -0.491 e. The summed E-state index contributed by atoms with van der Waals surface area (Å²) in [6.07, 6.45) is 2.28. The zero-order valence-electron chi connectivity index (χ0n) is 21.3. The molecule has 0 aliphatic carbocycles. The number of fused-ring (bicyclic) bond motifs is 1. The van der Waals surface area contributed by atoms with Gasteiger partial charge in [0.2, 0.25) is 0 Å². The maximum Gasteiger partial charge on any atom is 0.343 e. The Hall–Kier alpha value is -3.39. The van der Waals surface area contributed by atoms with E-state index in [-0.39, 0.29) is 12.1 Å². The zero-order chi connectivity index (χ0) is 25.9. The van der Waals surface area contributed by atoms with E-state index >= 15 is 0 Å². The molecule has 0 radical (unpaired) electrons. The second kappa shape index (κ2) is 13.2. The van der Waals surface area contributed by atoms with Gasteiger partial charge < -0.3 is 30.0 Å². The van der Waals surface area contributed by atoms with Crippen LogP contribution in [-0.4, -0.2) is 55.6 Å². The summed E-state index contributed by atoms with van der Waals surface area (Å²) >= 11 is 0. The van der Waals surface area contributed by atoms with Gasteiger partial charge >= 0.3 is 5.97 Å². The Labute approximate surface area is 218 Å². The van der Waals surface area contributed by atoms with Crippen LogP contribution in [0, 0.1) is 0 Å². The molecule has 0 saturated carbocycles. The maximum absolute atomic E-state index is 12.4. The quantitative estimate of drug-likeness (QED) is 0.184. The molecule has 0 amide bonds. The highest BCUT2D eigenvalue weighted by atomic mass is 16.5. The number of aliphatic hydroxyl groups excluding tert-OH is 1. The fourth-order valence-electron chi connectivity index (χ4n) is 4.32. The Balaban J connectivity index is 1.34. The average molecular weight is 505 g/mol. The first kappa shape index (κ1) is 26.7. The summed E-state index contributed by atoms with van der Waals surface area (Å²) in [5, 5.41) is 17.5. The van der Waals surface area contributed by atoms with Gasteiger partial charge in [-0.05, 0) is 55.3 Å². The first-order valence-electron chi connectivity index (χ1n) is 12.9. The van der Waals surface area contributed by atoms with Gasteiger partial charge in [-0.25, -0.2) is 4.79 Å². The number of carbonyl (C=O) groups is 1. The molecule has 1 aliphatic rings. The molecule has 1 heterocycles. The molecule has 37 heavy (non-hydrogen) atoms. The number of unbranched alkanes of at least 4 members (excludes halogenated alkanes) is 1. The van der Waals surface area contributed by atoms with Crippen LogP contribution >= 0.6 is 0 Å². The van der Waals surface area contributed by atoms with Crippen molar-refractivity contribution in [3.8, 4) is 17.2 Å². The Morgan fingerprint density at radius 2 is 1.81 bits per heavy atom. The van der Waals surface area contributed by atoms with E-state index in [0.717, 1.165) is 42.9 Å². The van der Waals surface area contributed by atoms with E-state index in [2.05, 4.69) is 17.6 Å². The van der Waals surface area contributed by atoms with Crippen molar-refractivity contribution >= 4 is 5.97 Å². The van der Waals surface area contributed by atoms with E-state index in [1.807, 2.05) is 48.5 Å². The van der Waals surface area contributed by atoms with Crippen molar-refractivity contribution in [2.75, 3.05) is 32.8 Å². The van der Waals surface area contributed by atoms with Crippen LogP contribution in [0.2, 0.25) is 0 Å². The van der Waals surface area contributed by atoms with Crippen LogP contribution in [0.3, 0.4) is 0 Å². The number of para-hydroxylation sites is 1. The second-order valence-electron chi connectivity index (χ2n) is 9.46. The molecule has 0 aromatic heterocycles. The summed E-state index contributed by atoms with van der Waals surface area (Å²) in [5.41, 5.74) is 1.23. The van der Waals surface area contributed by atoms with Crippen LogP contribution in [0.25, 0.3) is 0 Å². The summed E-state index contributed by atoms with van der Waals surface area (Å²) < 4.78 is 17.4. The van der Waals surface area contributed by atoms with Gasteiger partial charge in [0.05, 0.1) is 11.1 Å². The third-order valence-corrected chi connectivity index (χ3v) is 6.35. The fourth-order valence-corrected chi connectivity index (χ4v) is 4.32. The maximum atomic E-state index is 12.4. The Morgan fingerprint density at radius 1 is 1.05 bits per heavy atom. The number of rotatable bonds is 13. The van der Waals surface area contributed by atoms with Crippen molar-refractivity contribution in [3.63, 3.8) is 0 Å². The van der Waals surface area contributed by atoms with Crippen molar-refractivity contribution in [2.24, 2.45) is 0 Å². The highest BCUT2D eigenvalue weighted by Gasteiger charge is 2.35. The summed E-state index contributed by atoms with van der Waals surface area (Å²) in [4.78, 5) is 12.4. The summed E-state index contributed by atoms with van der Waals surface area (Å²) in [6, 6.07) is 24.0. The second-order valence-corrected chi connectivity index (χ2v) is 9.46. The highest BCUT2D eigenvalue weighted by molar-refractivity contribution is 5.91. The van der Waals surface area contributed by atoms with Gasteiger partial charge in [-0.15, -0.1) is 0 Å². The van der Waals surface area contributed by atoms with Gasteiger partial charge in [0, 0.05) is 19.2 Å². The molecule has 2 atom stereocenters. The molecule has 3 aromatic carbocycles. The third-order valence-electron chi connectivity index (χ3n) is 6.35. The number of hydrogen-bond acceptors (Lipinski definition) is 7. The Bertz CT molecular complexity index is 1130. The topological polar surface area (TPSA) is 89.1 Å². The van der Waals surface area contributed by atoms with Gasteiger partial charge in [-0.1, -0.05) is 55.8 Å². The molecule has 1 aliphatic heterocycles. The molecule has 7 nitrogen and oxygen atoms in total. The van der Waals surface area contributed by atoms with Crippen LogP contribution < -0.4 is 24.8 Å². The molecule has 196 valence electrons. The molecule has 4 rings (SSSR count). The fraction of sp³-hybridized carbons (Fsp3) is 0.367. The lowest BCUT2D eigenvalue weighted by Gasteiger charge is -2.39. The summed E-state index contributed by atoms with van der Waals surface area (Å²) in [5.74, 6) is 1.53. The van der Waals surface area contributed by atoms with E-state index in [4.69, 9.17) is 14.2 Å². The number of esters is 1. The number of ether oxygens (including phenoxy) is 3. The number of hydrogen-bond donors (Lipinski definition) is 3. The minimum atomic E-state index is -0.633. The zero-order valence-corrected chi connectivity index (χ0v) is 21.3. The molecule has 7 heteroatoms. The van der Waals surface area contributed by atoms with Crippen LogP contribution in [0.1, 0.15) is 35.7 Å². The van der Waals surface area contributed by atoms with E-state index in [9.17, 15) is 9.90 Å². The monoisotopic (exact) mass is 504 g/mol. The molecule has 0 bridgehead atoms. The smallest absolute Gasteiger partial charge is 0.343 e. The van der Waals surface area contributed by atoms with Crippen molar-refractivity contribution in [2.45, 2.75) is 37.8 Å². The van der Waals surface area contributed by atoms with E-state index in [0.29, 0.717) is 31.0 Å². The lowest BCUT2D eigenvalue weighted by Crippen LogP contribution is -2.60. The van der Waals surface area contributed by atoms with Crippen molar-refractivity contribution in [3.05, 3.63) is 90.0 Å². The minimum absolute atomic E-state index is 0.219. The van der Waals surface area contributed by atoms with Crippen LogP contribution in [0.15, 0.2) is 78.9 Å². The molecule has 0 fully saturated rings. The Morgan fingerprint density at radius 3 is 2.57 bits per heavy atom. The Kier molecular flexibility index (Phi) is 9.54. The molecule has 0 spiro atoms. The van der Waals surface area contributed by atoms with Crippen LogP contribution in [-0.2, 0) is 6.42 Å². The lowest BCUT2D eigenvalue weighted by molar-refractivity contribution is 0.0733. The van der Waals surface area contributed by atoms with Gasteiger partial charge in [0.1, 0.15) is 36.6 Å². The van der Waals surface area contributed by atoms with Crippen molar-refractivity contribution in [1.29, 1.82) is 0 Å². The normalized spacial score (nSPS) is 17.4. The highest BCUT2D eigenvalue weighted by Crippen LogP contribution is 2.33. The van der Waals surface area contributed by atoms with Gasteiger partial charge in [0.25, 0.3) is 0 Å².